The van der Waals surface area contributed by atoms with Crippen LogP contribution in [0.15, 0.2) is 23.1 Å². The molecule has 0 aliphatic rings. The molecule has 0 aliphatic carbocycles. The molecule has 1 rings (SSSR count). The van der Waals surface area contributed by atoms with Crippen LogP contribution >= 0.6 is 35.0 Å². The van der Waals surface area contributed by atoms with Crippen molar-refractivity contribution in [3.63, 3.8) is 0 Å². The lowest BCUT2D eigenvalue weighted by atomic mass is 10.3. The van der Waals surface area contributed by atoms with E-state index < -0.39 is 11.2 Å². The van der Waals surface area contributed by atoms with Crippen LogP contribution < -0.4 is 5.73 Å². The van der Waals surface area contributed by atoms with Gasteiger partial charge in [0.25, 0.3) is 0 Å². The molecule has 1 aromatic rings. The largest absolute Gasteiger partial charge is 0.480 e. The fourth-order valence-electron chi connectivity index (χ4n) is 1.10. The van der Waals surface area contributed by atoms with E-state index in [0.717, 1.165) is 0 Å². The molecule has 0 radical (unpaired) electrons. The average Bonchev–Trinajstić information content (AvgIpc) is 2.22. The Labute approximate surface area is 108 Å². The highest BCUT2D eigenvalue weighted by Gasteiger charge is 2.19. The van der Waals surface area contributed by atoms with Gasteiger partial charge in [0, 0.05) is 9.92 Å². The molecular formula is C10H11Cl2NO2S. The van der Waals surface area contributed by atoms with E-state index in [2.05, 4.69) is 0 Å². The van der Waals surface area contributed by atoms with Crippen molar-refractivity contribution in [2.24, 2.45) is 5.73 Å². The van der Waals surface area contributed by atoms with E-state index in [0.29, 0.717) is 27.9 Å². The van der Waals surface area contributed by atoms with Crippen molar-refractivity contribution in [1.82, 2.24) is 0 Å². The summed E-state index contributed by atoms with van der Waals surface area (Å²) < 4.78 is 0. The molecule has 1 unspecified atom stereocenters. The first-order valence-corrected chi connectivity index (χ1v) is 6.22. The number of benzene rings is 1. The summed E-state index contributed by atoms with van der Waals surface area (Å²) in [6.07, 6.45) is 0.392. The fourth-order valence-corrected chi connectivity index (χ4v) is 2.63. The van der Waals surface area contributed by atoms with Gasteiger partial charge in [0.2, 0.25) is 0 Å². The Kier molecular flexibility index (Phi) is 5.41. The Hall–Kier alpha value is -0.420. The molecule has 3 nitrogen and oxygen atoms in total. The van der Waals surface area contributed by atoms with Crippen molar-refractivity contribution in [1.29, 1.82) is 0 Å². The number of aliphatic carboxylic acids is 1. The lowest BCUT2D eigenvalue weighted by Crippen LogP contribution is -2.20. The van der Waals surface area contributed by atoms with E-state index in [1.165, 1.54) is 11.8 Å². The summed E-state index contributed by atoms with van der Waals surface area (Å²) in [5.74, 6) is -0.897. The highest BCUT2D eigenvalue weighted by atomic mass is 35.5. The maximum Gasteiger partial charge on any atom is 0.317 e. The van der Waals surface area contributed by atoms with E-state index in [1.54, 1.807) is 18.2 Å². The van der Waals surface area contributed by atoms with E-state index in [1.807, 2.05) is 0 Å². The van der Waals surface area contributed by atoms with E-state index in [4.69, 9.17) is 34.0 Å². The molecule has 1 atom stereocenters. The Balaban J connectivity index is 2.84. The molecule has 0 fully saturated rings. The smallest absolute Gasteiger partial charge is 0.317 e. The predicted octanol–water partition coefficient (Wildman–Crippen LogP) is 2.89. The van der Waals surface area contributed by atoms with Gasteiger partial charge in [-0.25, -0.2) is 0 Å². The van der Waals surface area contributed by atoms with Crippen molar-refractivity contribution in [2.45, 2.75) is 16.6 Å². The second-order valence-corrected chi connectivity index (χ2v) is 5.19. The summed E-state index contributed by atoms with van der Waals surface area (Å²) in [5, 5.41) is 9.41. The standard InChI is InChI=1S/C10H11Cl2NO2S/c11-6-1-2-7(12)9(5-6)16-8(3-4-13)10(14)15/h1-2,5,8H,3-4,13H2,(H,14,15). The first kappa shape index (κ1) is 13.6. The summed E-state index contributed by atoms with van der Waals surface area (Å²) in [5.41, 5.74) is 5.35. The molecule has 6 heteroatoms. The maximum absolute atomic E-state index is 10.9. The molecule has 0 aromatic heterocycles. The third-order valence-electron chi connectivity index (χ3n) is 1.87. The normalized spacial score (nSPS) is 12.4. The zero-order chi connectivity index (χ0) is 12.1. The molecule has 0 heterocycles. The molecule has 0 saturated carbocycles. The van der Waals surface area contributed by atoms with Crippen LogP contribution in [-0.2, 0) is 4.79 Å². The summed E-state index contributed by atoms with van der Waals surface area (Å²) in [6, 6.07) is 4.96. The maximum atomic E-state index is 10.9. The first-order chi connectivity index (χ1) is 7.54. The Morgan fingerprint density at radius 3 is 2.75 bits per heavy atom. The van der Waals surface area contributed by atoms with Crippen LogP contribution in [0.4, 0.5) is 0 Å². The Morgan fingerprint density at radius 2 is 2.19 bits per heavy atom. The van der Waals surface area contributed by atoms with Crippen LogP contribution in [0, 0.1) is 0 Å². The number of carbonyl (C=O) groups is 1. The molecular weight excluding hydrogens is 269 g/mol. The first-order valence-electron chi connectivity index (χ1n) is 4.59. The van der Waals surface area contributed by atoms with Crippen molar-refractivity contribution in [3.05, 3.63) is 28.2 Å². The minimum Gasteiger partial charge on any atom is -0.480 e. The summed E-state index contributed by atoms with van der Waals surface area (Å²) in [4.78, 5) is 11.6. The Morgan fingerprint density at radius 1 is 1.50 bits per heavy atom. The lowest BCUT2D eigenvalue weighted by molar-refractivity contribution is -0.136. The van der Waals surface area contributed by atoms with Gasteiger partial charge in [-0.1, -0.05) is 23.2 Å². The molecule has 0 bridgehead atoms. The summed E-state index contributed by atoms with van der Waals surface area (Å²) in [6.45, 7) is 0.322. The topological polar surface area (TPSA) is 63.3 Å². The number of nitrogens with two attached hydrogens (primary N) is 1. The van der Waals surface area contributed by atoms with Crippen molar-refractivity contribution >= 4 is 40.9 Å². The van der Waals surface area contributed by atoms with Gasteiger partial charge in [0.1, 0.15) is 5.25 Å². The zero-order valence-corrected chi connectivity index (χ0v) is 10.6. The van der Waals surface area contributed by atoms with Gasteiger partial charge in [0.15, 0.2) is 0 Å². The molecule has 0 spiro atoms. The van der Waals surface area contributed by atoms with Crippen LogP contribution in [-0.4, -0.2) is 22.9 Å². The summed E-state index contributed by atoms with van der Waals surface area (Å²) in [7, 11) is 0. The van der Waals surface area contributed by atoms with Gasteiger partial charge < -0.3 is 10.8 Å². The second kappa shape index (κ2) is 6.35. The molecule has 16 heavy (non-hydrogen) atoms. The SMILES string of the molecule is NCCC(Sc1cc(Cl)ccc1Cl)C(=O)O. The van der Waals surface area contributed by atoms with E-state index in [9.17, 15) is 4.79 Å². The van der Waals surface area contributed by atoms with E-state index in [-0.39, 0.29) is 0 Å². The number of hydrogen-bond acceptors (Lipinski definition) is 3. The van der Waals surface area contributed by atoms with Gasteiger partial charge in [-0.2, -0.15) is 0 Å². The van der Waals surface area contributed by atoms with Gasteiger partial charge in [-0.05, 0) is 31.2 Å². The van der Waals surface area contributed by atoms with Gasteiger partial charge in [-0.3, -0.25) is 4.79 Å². The quantitative estimate of drug-likeness (QED) is 0.814. The van der Waals surface area contributed by atoms with Gasteiger partial charge >= 0.3 is 5.97 Å². The number of carboxylic acid groups (broad SMARTS) is 1. The van der Waals surface area contributed by atoms with Crippen LogP contribution in [0.25, 0.3) is 0 Å². The number of hydrogen-bond donors (Lipinski definition) is 2. The van der Waals surface area contributed by atoms with Crippen LogP contribution in [0.1, 0.15) is 6.42 Å². The lowest BCUT2D eigenvalue weighted by Gasteiger charge is -2.11. The third kappa shape index (κ3) is 3.87. The number of carboxylic acids is 1. The average molecular weight is 280 g/mol. The second-order valence-electron chi connectivity index (χ2n) is 3.10. The highest BCUT2D eigenvalue weighted by Crippen LogP contribution is 2.33. The minimum absolute atomic E-state index is 0.322. The molecule has 0 saturated heterocycles. The minimum atomic E-state index is -0.897. The summed E-state index contributed by atoms with van der Waals surface area (Å²) >= 11 is 12.9. The zero-order valence-electron chi connectivity index (χ0n) is 8.32. The Bertz CT molecular complexity index is 387. The van der Waals surface area contributed by atoms with Crippen molar-refractivity contribution in [2.75, 3.05) is 6.54 Å². The van der Waals surface area contributed by atoms with Gasteiger partial charge in [-0.15, -0.1) is 11.8 Å². The van der Waals surface area contributed by atoms with Crippen LogP contribution in [0.2, 0.25) is 10.0 Å². The van der Waals surface area contributed by atoms with Crippen molar-refractivity contribution in [3.8, 4) is 0 Å². The fraction of sp³-hybridized carbons (Fsp3) is 0.300. The number of halogens is 2. The van der Waals surface area contributed by atoms with Crippen molar-refractivity contribution < 1.29 is 9.90 Å². The predicted molar refractivity (Wildman–Crippen MR) is 67.4 cm³/mol. The van der Waals surface area contributed by atoms with Gasteiger partial charge in [0.05, 0.1) is 5.02 Å². The molecule has 1 aromatic carbocycles. The van der Waals surface area contributed by atoms with Crippen LogP contribution in [0.5, 0.6) is 0 Å². The monoisotopic (exact) mass is 279 g/mol. The number of rotatable bonds is 5. The highest BCUT2D eigenvalue weighted by molar-refractivity contribution is 8.00. The molecule has 0 amide bonds. The third-order valence-corrected chi connectivity index (χ3v) is 3.86. The number of thioether (sulfide) groups is 1. The van der Waals surface area contributed by atoms with E-state index >= 15 is 0 Å². The molecule has 0 aliphatic heterocycles. The van der Waals surface area contributed by atoms with Crippen LogP contribution in [0.3, 0.4) is 0 Å². The molecule has 3 N–H and O–H groups in total. The molecule has 88 valence electrons.